The van der Waals surface area contributed by atoms with Crippen molar-refractivity contribution >= 4 is 5.91 Å². The van der Waals surface area contributed by atoms with E-state index in [-0.39, 0.29) is 12.5 Å². The molecule has 0 fully saturated rings. The van der Waals surface area contributed by atoms with Crippen molar-refractivity contribution in [2.45, 2.75) is 26.3 Å². The Morgan fingerprint density at radius 3 is 2.80 bits per heavy atom. The van der Waals surface area contributed by atoms with Crippen LogP contribution in [0.1, 0.15) is 28.5 Å². The van der Waals surface area contributed by atoms with E-state index >= 15 is 0 Å². The van der Waals surface area contributed by atoms with Crippen LogP contribution in [0, 0.1) is 13.8 Å². The molecule has 1 atom stereocenters. The molecule has 0 bridgehead atoms. The maximum atomic E-state index is 12.1. The van der Waals surface area contributed by atoms with Gasteiger partial charge in [0.25, 0.3) is 0 Å². The molecule has 1 heterocycles. The van der Waals surface area contributed by atoms with Gasteiger partial charge in [0.2, 0.25) is 5.91 Å². The fourth-order valence-electron chi connectivity index (χ4n) is 2.11. The molecule has 20 heavy (non-hydrogen) atoms. The number of aliphatic hydroxyl groups is 1. The molecule has 0 spiro atoms. The largest absolute Gasteiger partial charge is 0.467 e. The van der Waals surface area contributed by atoms with Crippen molar-refractivity contribution in [3.05, 3.63) is 59.0 Å². The quantitative estimate of drug-likeness (QED) is 0.878. The summed E-state index contributed by atoms with van der Waals surface area (Å²) in [5.74, 6) is 0.427. The van der Waals surface area contributed by atoms with E-state index in [1.54, 1.807) is 12.1 Å². The first-order chi connectivity index (χ1) is 9.60. The Labute approximate surface area is 118 Å². The Balaban J connectivity index is 2.03. The number of rotatable bonds is 5. The minimum atomic E-state index is -0.498. The molecular formula is C16H19NO3. The van der Waals surface area contributed by atoms with Crippen LogP contribution in [0.3, 0.4) is 0 Å². The van der Waals surface area contributed by atoms with Gasteiger partial charge in [0, 0.05) is 0 Å². The predicted octanol–water partition coefficient (Wildman–Crippen LogP) is 2.29. The fraction of sp³-hybridized carbons (Fsp3) is 0.312. The van der Waals surface area contributed by atoms with Crippen LogP contribution in [-0.4, -0.2) is 17.6 Å². The average Bonchev–Trinajstić information content (AvgIpc) is 2.94. The molecule has 2 rings (SSSR count). The summed E-state index contributed by atoms with van der Waals surface area (Å²) in [5.41, 5.74) is 3.21. The van der Waals surface area contributed by atoms with Crippen molar-refractivity contribution in [3.63, 3.8) is 0 Å². The van der Waals surface area contributed by atoms with Gasteiger partial charge in [-0.25, -0.2) is 0 Å². The zero-order chi connectivity index (χ0) is 14.5. The second-order valence-corrected chi connectivity index (χ2v) is 4.92. The lowest BCUT2D eigenvalue weighted by Crippen LogP contribution is -2.31. The molecule has 1 unspecified atom stereocenters. The molecule has 0 aliphatic rings. The molecule has 0 aliphatic carbocycles. The van der Waals surface area contributed by atoms with E-state index in [2.05, 4.69) is 5.32 Å². The fourth-order valence-corrected chi connectivity index (χ4v) is 2.11. The van der Waals surface area contributed by atoms with Crippen molar-refractivity contribution in [2.24, 2.45) is 0 Å². The number of benzene rings is 1. The Morgan fingerprint density at radius 2 is 2.15 bits per heavy atom. The van der Waals surface area contributed by atoms with Crippen molar-refractivity contribution in [1.82, 2.24) is 5.32 Å². The lowest BCUT2D eigenvalue weighted by Gasteiger charge is -2.14. The number of amides is 1. The summed E-state index contributed by atoms with van der Waals surface area (Å²) in [7, 11) is 0. The zero-order valence-corrected chi connectivity index (χ0v) is 11.7. The number of hydrogen-bond acceptors (Lipinski definition) is 3. The molecule has 1 aromatic heterocycles. The third-order valence-electron chi connectivity index (χ3n) is 3.26. The van der Waals surface area contributed by atoms with Gasteiger partial charge in [-0.1, -0.05) is 23.8 Å². The van der Waals surface area contributed by atoms with Gasteiger partial charge in [0.05, 0.1) is 19.3 Å². The summed E-state index contributed by atoms with van der Waals surface area (Å²) >= 11 is 0. The third kappa shape index (κ3) is 3.48. The summed E-state index contributed by atoms with van der Waals surface area (Å²) < 4.78 is 5.21. The van der Waals surface area contributed by atoms with Crippen LogP contribution in [0.2, 0.25) is 0 Å². The normalized spacial score (nSPS) is 12.2. The molecule has 0 saturated carbocycles. The van der Waals surface area contributed by atoms with E-state index in [0.717, 1.165) is 16.7 Å². The Hall–Kier alpha value is -2.07. The van der Waals surface area contributed by atoms with Crippen LogP contribution in [-0.2, 0) is 11.2 Å². The van der Waals surface area contributed by atoms with E-state index in [9.17, 15) is 9.90 Å². The first-order valence-electron chi connectivity index (χ1n) is 6.60. The summed E-state index contributed by atoms with van der Waals surface area (Å²) in [4.78, 5) is 12.1. The maximum absolute atomic E-state index is 12.1. The number of hydrogen-bond donors (Lipinski definition) is 2. The highest BCUT2D eigenvalue weighted by Crippen LogP contribution is 2.15. The summed E-state index contributed by atoms with van der Waals surface area (Å²) in [6.07, 6.45) is 1.82. The summed E-state index contributed by atoms with van der Waals surface area (Å²) in [6.45, 7) is 3.80. The molecule has 2 aromatic rings. The Morgan fingerprint density at radius 1 is 1.35 bits per heavy atom. The predicted molar refractivity (Wildman–Crippen MR) is 76.3 cm³/mol. The first-order valence-corrected chi connectivity index (χ1v) is 6.60. The Kier molecular flexibility index (Phi) is 4.58. The van der Waals surface area contributed by atoms with Gasteiger partial charge < -0.3 is 14.8 Å². The number of carbonyl (C=O) groups excluding carboxylic acids is 1. The van der Waals surface area contributed by atoms with Gasteiger partial charge in [0.1, 0.15) is 11.8 Å². The number of nitrogens with one attached hydrogen (secondary N) is 1. The summed E-state index contributed by atoms with van der Waals surface area (Å²) in [6, 6.07) is 9.01. The molecule has 1 aromatic carbocycles. The van der Waals surface area contributed by atoms with Crippen molar-refractivity contribution in [2.75, 3.05) is 6.61 Å². The highest BCUT2D eigenvalue weighted by molar-refractivity contribution is 5.79. The van der Waals surface area contributed by atoms with Gasteiger partial charge in [-0.2, -0.15) is 0 Å². The molecular weight excluding hydrogens is 254 g/mol. The summed E-state index contributed by atoms with van der Waals surface area (Å²) in [5, 5.41) is 12.1. The molecule has 0 aliphatic heterocycles. The number of furan rings is 1. The van der Waals surface area contributed by atoms with E-state index < -0.39 is 6.04 Å². The van der Waals surface area contributed by atoms with Crippen molar-refractivity contribution < 1.29 is 14.3 Å². The maximum Gasteiger partial charge on any atom is 0.225 e. The lowest BCUT2D eigenvalue weighted by atomic mass is 10.0. The smallest absolute Gasteiger partial charge is 0.225 e. The molecule has 0 saturated heterocycles. The topological polar surface area (TPSA) is 62.5 Å². The van der Waals surface area contributed by atoms with Crippen molar-refractivity contribution in [3.8, 4) is 0 Å². The van der Waals surface area contributed by atoms with Crippen LogP contribution in [0.15, 0.2) is 41.0 Å². The van der Waals surface area contributed by atoms with E-state index in [0.29, 0.717) is 12.2 Å². The van der Waals surface area contributed by atoms with Gasteiger partial charge >= 0.3 is 0 Å². The number of aliphatic hydroxyl groups excluding tert-OH is 1. The average molecular weight is 273 g/mol. The number of carbonyl (C=O) groups is 1. The molecule has 2 N–H and O–H groups in total. The van der Waals surface area contributed by atoms with Crippen LogP contribution in [0.4, 0.5) is 0 Å². The SMILES string of the molecule is Cc1ccc(C)c(CC(=O)NC(CO)c2ccco2)c1. The van der Waals surface area contributed by atoms with Crippen LogP contribution in [0.5, 0.6) is 0 Å². The van der Waals surface area contributed by atoms with E-state index in [4.69, 9.17) is 4.42 Å². The minimum absolute atomic E-state index is 0.130. The van der Waals surface area contributed by atoms with Crippen molar-refractivity contribution in [1.29, 1.82) is 0 Å². The standard InChI is InChI=1S/C16H19NO3/c1-11-5-6-12(2)13(8-11)9-16(19)17-14(10-18)15-4-3-7-20-15/h3-8,14,18H,9-10H2,1-2H3,(H,17,19). The minimum Gasteiger partial charge on any atom is -0.467 e. The molecule has 106 valence electrons. The van der Waals surface area contributed by atoms with Gasteiger partial charge in [0.15, 0.2) is 0 Å². The van der Waals surface area contributed by atoms with Crippen LogP contribution < -0.4 is 5.32 Å². The Bertz CT molecular complexity index is 575. The molecule has 4 nitrogen and oxygen atoms in total. The monoisotopic (exact) mass is 273 g/mol. The highest BCUT2D eigenvalue weighted by Gasteiger charge is 2.16. The molecule has 0 radical (unpaired) electrons. The highest BCUT2D eigenvalue weighted by atomic mass is 16.3. The van der Waals surface area contributed by atoms with Gasteiger partial charge in [-0.3, -0.25) is 4.79 Å². The van der Waals surface area contributed by atoms with E-state index in [1.807, 2.05) is 32.0 Å². The molecule has 1 amide bonds. The zero-order valence-electron chi connectivity index (χ0n) is 11.7. The van der Waals surface area contributed by atoms with Gasteiger partial charge in [-0.15, -0.1) is 0 Å². The van der Waals surface area contributed by atoms with Crippen LogP contribution >= 0.6 is 0 Å². The second-order valence-electron chi connectivity index (χ2n) is 4.92. The van der Waals surface area contributed by atoms with Gasteiger partial charge in [-0.05, 0) is 37.1 Å². The number of aryl methyl sites for hydroxylation is 2. The first kappa shape index (κ1) is 14.3. The third-order valence-corrected chi connectivity index (χ3v) is 3.26. The van der Waals surface area contributed by atoms with Crippen LogP contribution in [0.25, 0.3) is 0 Å². The molecule has 4 heteroatoms. The van der Waals surface area contributed by atoms with E-state index in [1.165, 1.54) is 6.26 Å². The lowest BCUT2D eigenvalue weighted by molar-refractivity contribution is -0.121. The second kappa shape index (κ2) is 6.39.